The summed E-state index contributed by atoms with van der Waals surface area (Å²) in [5, 5.41) is 9.30. The van der Waals surface area contributed by atoms with Crippen molar-refractivity contribution < 1.29 is 14.6 Å². The van der Waals surface area contributed by atoms with Gasteiger partial charge in [0.1, 0.15) is 5.75 Å². The number of aliphatic carboxylic acids is 1. The van der Waals surface area contributed by atoms with E-state index in [1.54, 1.807) is 0 Å². The molecule has 2 aliphatic heterocycles. The summed E-state index contributed by atoms with van der Waals surface area (Å²) >= 11 is 0. The van der Waals surface area contributed by atoms with E-state index >= 15 is 0 Å². The van der Waals surface area contributed by atoms with Crippen LogP contribution in [0.1, 0.15) is 23.6 Å². The molecule has 3 rings (SSSR count). The molecular weight excluding hydrogens is 230 g/mol. The molecule has 1 saturated heterocycles. The predicted octanol–water partition coefficient (Wildman–Crippen LogP) is 1.70. The van der Waals surface area contributed by atoms with Gasteiger partial charge in [-0.15, -0.1) is 0 Å². The molecule has 0 bridgehead atoms. The molecule has 1 N–H and O–H groups in total. The van der Waals surface area contributed by atoms with E-state index in [2.05, 4.69) is 17.0 Å². The van der Waals surface area contributed by atoms with Gasteiger partial charge in [0.05, 0.1) is 12.5 Å². The molecule has 0 amide bonds. The van der Waals surface area contributed by atoms with Crippen LogP contribution in [0.15, 0.2) is 18.2 Å². The minimum Gasteiger partial charge on any atom is -0.493 e. The maximum atomic E-state index is 11.3. The van der Waals surface area contributed by atoms with E-state index in [1.165, 1.54) is 5.56 Å². The maximum Gasteiger partial charge on any atom is 0.308 e. The Kier molecular flexibility index (Phi) is 2.74. The molecule has 4 heteroatoms. The third-order valence-corrected chi connectivity index (χ3v) is 4.03. The second-order valence-electron chi connectivity index (χ2n) is 5.12. The van der Waals surface area contributed by atoms with Gasteiger partial charge in [0.2, 0.25) is 0 Å². The summed E-state index contributed by atoms with van der Waals surface area (Å²) < 4.78 is 5.56. The first-order valence-corrected chi connectivity index (χ1v) is 6.35. The molecule has 4 nitrogen and oxygen atoms in total. The lowest BCUT2D eigenvalue weighted by molar-refractivity contribution is -0.142. The Bertz CT molecular complexity index is 486. The standard InChI is InChI=1S/C14H17NO3/c1-15-6-4-11(14(16)17)13(15)10-3-2-9-5-7-18-12(9)8-10/h2-3,8,11,13H,4-7H2,1H3,(H,16,17)/t11-,13+/m0/s1. The number of carbonyl (C=O) groups is 1. The summed E-state index contributed by atoms with van der Waals surface area (Å²) in [5.41, 5.74) is 2.29. The van der Waals surface area contributed by atoms with Crippen molar-refractivity contribution in [3.8, 4) is 5.75 Å². The lowest BCUT2D eigenvalue weighted by atomic mass is 9.93. The van der Waals surface area contributed by atoms with Crippen LogP contribution in [0.4, 0.5) is 0 Å². The summed E-state index contributed by atoms with van der Waals surface area (Å²) in [4.78, 5) is 13.4. The first kappa shape index (κ1) is 11.5. The van der Waals surface area contributed by atoms with Gasteiger partial charge in [-0.05, 0) is 37.2 Å². The maximum absolute atomic E-state index is 11.3. The zero-order valence-corrected chi connectivity index (χ0v) is 10.4. The van der Waals surface area contributed by atoms with Crippen molar-refractivity contribution in [2.75, 3.05) is 20.2 Å². The van der Waals surface area contributed by atoms with Gasteiger partial charge < -0.3 is 9.84 Å². The zero-order chi connectivity index (χ0) is 12.7. The fourth-order valence-electron chi connectivity index (χ4n) is 3.06. The largest absolute Gasteiger partial charge is 0.493 e. The summed E-state index contributed by atoms with van der Waals surface area (Å²) in [5.74, 6) is -0.0860. The van der Waals surface area contributed by atoms with E-state index in [0.29, 0.717) is 6.42 Å². The van der Waals surface area contributed by atoms with Crippen LogP contribution in [0, 0.1) is 5.92 Å². The number of carboxylic acid groups (broad SMARTS) is 1. The molecule has 0 unspecified atom stereocenters. The van der Waals surface area contributed by atoms with Crippen molar-refractivity contribution in [1.29, 1.82) is 0 Å². The fourth-order valence-corrected chi connectivity index (χ4v) is 3.06. The second-order valence-corrected chi connectivity index (χ2v) is 5.12. The van der Waals surface area contributed by atoms with Crippen molar-refractivity contribution in [1.82, 2.24) is 4.90 Å². The molecule has 2 heterocycles. The Balaban J connectivity index is 1.95. The van der Waals surface area contributed by atoms with Crippen LogP contribution in [-0.2, 0) is 11.2 Å². The van der Waals surface area contributed by atoms with Gasteiger partial charge in [0.15, 0.2) is 0 Å². The number of benzene rings is 1. The molecular formula is C14H17NO3. The normalized spacial score (nSPS) is 26.9. The third-order valence-electron chi connectivity index (χ3n) is 4.03. The number of hydrogen-bond donors (Lipinski definition) is 1. The highest BCUT2D eigenvalue weighted by atomic mass is 16.5. The third kappa shape index (κ3) is 1.77. The molecule has 1 fully saturated rings. The summed E-state index contributed by atoms with van der Waals surface area (Å²) in [6.07, 6.45) is 1.67. The van der Waals surface area contributed by atoms with Crippen LogP contribution in [0.5, 0.6) is 5.75 Å². The lowest BCUT2D eigenvalue weighted by Gasteiger charge is -2.23. The smallest absolute Gasteiger partial charge is 0.308 e. The Labute approximate surface area is 106 Å². The molecule has 0 aromatic heterocycles. The van der Waals surface area contributed by atoms with Gasteiger partial charge in [-0.25, -0.2) is 0 Å². The molecule has 0 spiro atoms. The number of ether oxygens (including phenoxy) is 1. The number of hydrogen-bond acceptors (Lipinski definition) is 3. The number of carboxylic acids is 1. The first-order valence-electron chi connectivity index (χ1n) is 6.35. The van der Waals surface area contributed by atoms with Crippen LogP contribution in [-0.4, -0.2) is 36.2 Å². The van der Waals surface area contributed by atoms with Crippen molar-refractivity contribution in [2.45, 2.75) is 18.9 Å². The number of nitrogens with zero attached hydrogens (tertiary/aromatic N) is 1. The lowest BCUT2D eigenvalue weighted by Crippen LogP contribution is -2.25. The highest BCUT2D eigenvalue weighted by molar-refractivity contribution is 5.72. The van der Waals surface area contributed by atoms with Crippen molar-refractivity contribution in [3.63, 3.8) is 0 Å². The minimum atomic E-state index is -0.703. The minimum absolute atomic E-state index is 0.0306. The molecule has 0 aliphatic carbocycles. The van der Waals surface area contributed by atoms with E-state index in [9.17, 15) is 9.90 Å². The van der Waals surface area contributed by atoms with Gasteiger partial charge in [-0.1, -0.05) is 12.1 Å². The van der Waals surface area contributed by atoms with Crippen LogP contribution in [0.2, 0.25) is 0 Å². The van der Waals surface area contributed by atoms with Crippen molar-refractivity contribution in [2.24, 2.45) is 5.92 Å². The number of fused-ring (bicyclic) bond motifs is 1. The Morgan fingerprint density at radius 2 is 2.33 bits per heavy atom. The molecule has 1 aromatic carbocycles. The van der Waals surface area contributed by atoms with Gasteiger partial charge in [-0.2, -0.15) is 0 Å². The molecule has 0 radical (unpaired) electrons. The van der Waals surface area contributed by atoms with Gasteiger partial charge >= 0.3 is 5.97 Å². The van der Waals surface area contributed by atoms with E-state index in [4.69, 9.17) is 4.74 Å². The summed E-state index contributed by atoms with van der Waals surface area (Å²) in [6.45, 7) is 1.57. The highest BCUT2D eigenvalue weighted by Gasteiger charge is 2.38. The van der Waals surface area contributed by atoms with Crippen LogP contribution in [0.3, 0.4) is 0 Å². The van der Waals surface area contributed by atoms with Gasteiger partial charge in [0.25, 0.3) is 0 Å². The van der Waals surface area contributed by atoms with Crippen LogP contribution < -0.4 is 4.74 Å². The van der Waals surface area contributed by atoms with Gasteiger partial charge in [0, 0.05) is 12.5 Å². The molecule has 2 atom stereocenters. The monoisotopic (exact) mass is 247 g/mol. The van der Waals surface area contributed by atoms with Gasteiger partial charge in [-0.3, -0.25) is 9.69 Å². The van der Waals surface area contributed by atoms with Crippen LogP contribution >= 0.6 is 0 Å². The first-order chi connectivity index (χ1) is 8.66. The second kappa shape index (κ2) is 4.28. The molecule has 96 valence electrons. The fraction of sp³-hybridized carbons (Fsp3) is 0.500. The van der Waals surface area contributed by atoms with Crippen molar-refractivity contribution in [3.05, 3.63) is 29.3 Å². The predicted molar refractivity (Wildman–Crippen MR) is 66.8 cm³/mol. The molecule has 18 heavy (non-hydrogen) atoms. The Morgan fingerprint density at radius 3 is 3.11 bits per heavy atom. The van der Waals surface area contributed by atoms with E-state index in [1.807, 2.05) is 13.1 Å². The van der Waals surface area contributed by atoms with Crippen molar-refractivity contribution >= 4 is 5.97 Å². The Morgan fingerprint density at radius 1 is 1.50 bits per heavy atom. The summed E-state index contributed by atoms with van der Waals surface area (Å²) in [6, 6.07) is 6.11. The topological polar surface area (TPSA) is 49.8 Å². The number of likely N-dealkylation sites (tertiary alicyclic amines) is 1. The van der Waals surface area contributed by atoms with E-state index in [0.717, 1.165) is 30.9 Å². The number of rotatable bonds is 2. The highest BCUT2D eigenvalue weighted by Crippen LogP contribution is 2.39. The Hall–Kier alpha value is -1.55. The molecule has 2 aliphatic rings. The molecule has 0 saturated carbocycles. The average molecular weight is 247 g/mol. The SMILES string of the molecule is CN1CC[C@H](C(=O)O)[C@H]1c1ccc2c(c1)OCC2. The van der Waals surface area contributed by atoms with E-state index in [-0.39, 0.29) is 12.0 Å². The van der Waals surface area contributed by atoms with Crippen LogP contribution in [0.25, 0.3) is 0 Å². The quantitative estimate of drug-likeness (QED) is 0.864. The molecule has 1 aromatic rings. The zero-order valence-electron chi connectivity index (χ0n) is 10.4. The summed E-state index contributed by atoms with van der Waals surface area (Å²) in [7, 11) is 1.99. The van der Waals surface area contributed by atoms with E-state index < -0.39 is 5.97 Å². The average Bonchev–Trinajstić information content (AvgIpc) is 2.93.